The summed E-state index contributed by atoms with van der Waals surface area (Å²) < 4.78 is 2.22. The number of hydrogen-bond donors (Lipinski definition) is 1. The third-order valence-corrected chi connectivity index (χ3v) is 4.73. The van der Waals surface area contributed by atoms with Crippen LogP contribution in [0, 0.1) is 0 Å². The number of benzene rings is 2. The Morgan fingerprint density at radius 3 is 2.64 bits per heavy atom. The van der Waals surface area contributed by atoms with E-state index >= 15 is 0 Å². The van der Waals surface area contributed by atoms with Crippen LogP contribution in [0.4, 0.5) is 0 Å². The summed E-state index contributed by atoms with van der Waals surface area (Å²) >= 11 is 6.32. The van der Waals surface area contributed by atoms with Gasteiger partial charge in [0, 0.05) is 41.6 Å². The first-order valence-corrected chi connectivity index (χ1v) is 9.13. The molecule has 0 bridgehead atoms. The molecule has 3 rings (SSSR count). The van der Waals surface area contributed by atoms with Gasteiger partial charge in [0.1, 0.15) is 0 Å². The number of hydrogen-bond acceptors (Lipinski definition) is 1. The van der Waals surface area contributed by atoms with E-state index < -0.39 is 0 Å². The Kier molecular flexibility index (Phi) is 5.77. The average Bonchev–Trinajstić information content (AvgIpc) is 2.98. The zero-order valence-electron chi connectivity index (χ0n) is 14.5. The van der Waals surface area contributed by atoms with Gasteiger partial charge < -0.3 is 9.88 Å². The van der Waals surface area contributed by atoms with Gasteiger partial charge in [-0.05, 0) is 36.1 Å². The second-order valence-electron chi connectivity index (χ2n) is 6.24. The third-order valence-electron chi connectivity index (χ3n) is 4.36. The zero-order chi connectivity index (χ0) is 17.6. The van der Waals surface area contributed by atoms with Crippen molar-refractivity contribution in [3.05, 3.63) is 70.9 Å². The number of rotatable bonds is 7. The van der Waals surface area contributed by atoms with Gasteiger partial charge in [-0.2, -0.15) is 0 Å². The van der Waals surface area contributed by atoms with E-state index in [9.17, 15) is 4.79 Å². The molecule has 0 aliphatic carbocycles. The maximum absolute atomic E-state index is 11.9. The molecule has 1 aromatic heterocycles. The van der Waals surface area contributed by atoms with Gasteiger partial charge in [0.05, 0.1) is 0 Å². The number of halogens is 1. The smallest absolute Gasteiger partial charge is 0.220 e. The molecule has 4 heteroatoms. The highest BCUT2D eigenvalue weighted by Crippen LogP contribution is 2.25. The van der Waals surface area contributed by atoms with Gasteiger partial charge in [-0.15, -0.1) is 0 Å². The number of carbonyl (C=O) groups excluding carboxylic acids is 1. The molecule has 0 fully saturated rings. The highest BCUT2D eigenvalue weighted by molar-refractivity contribution is 6.31. The molecule has 2 aromatic carbocycles. The van der Waals surface area contributed by atoms with E-state index in [1.165, 1.54) is 16.5 Å². The monoisotopic (exact) mass is 354 g/mol. The molecule has 0 aliphatic heterocycles. The molecule has 130 valence electrons. The summed E-state index contributed by atoms with van der Waals surface area (Å²) in [5, 5.41) is 4.93. The SMILES string of the molecule is CCCNC(=O)CCc1cn(Cc2ccccc2Cl)c2ccccc12. The van der Waals surface area contributed by atoms with E-state index in [0.29, 0.717) is 6.42 Å². The lowest BCUT2D eigenvalue weighted by atomic mass is 10.1. The maximum atomic E-state index is 11.9. The molecule has 0 unspecified atom stereocenters. The fourth-order valence-corrected chi connectivity index (χ4v) is 3.26. The van der Waals surface area contributed by atoms with Crippen LogP contribution < -0.4 is 5.32 Å². The van der Waals surface area contributed by atoms with Gasteiger partial charge in [-0.1, -0.05) is 54.9 Å². The first kappa shape index (κ1) is 17.6. The van der Waals surface area contributed by atoms with Crippen molar-refractivity contribution >= 4 is 28.4 Å². The number of fused-ring (bicyclic) bond motifs is 1. The van der Waals surface area contributed by atoms with Crippen LogP contribution in [-0.2, 0) is 17.8 Å². The largest absolute Gasteiger partial charge is 0.356 e. The Morgan fingerprint density at radius 2 is 1.84 bits per heavy atom. The van der Waals surface area contributed by atoms with Crippen LogP contribution in [-0.4, -0.2) is 17.0 Å². The van der Waals surface area contributed by atoms with Crippen molar-refractivity contribution in [2.24, 2.45) is 0 Å². The molecule has 0 spiro atoms. The van der Waals surface area contributed by atoms with E-state index in [2.05, 4.69) is 41.2 Å². The highest BCUT2D eigenvalue weighted by atomic mass is 35.5. The minimum absolute atomic E-state index is 0.116. The van der Waals surface area contributed by atoms with Crippen molar-refractivity contribution in [3.8, 4) is 0 Å². The summed E-state index contributed by atoms with van der Waals surface area (Å²) in [6, 6.07) is 16.2. The lowest BCUT2D eigenvalue weighted by Gasteiger charge is -2.07. The minimum atomic E-state index is 0.116. The Bertz CT molecular complexity index is 869. The van der Waals surface area contributed by atoms with E-state index in [1.807, 2.05) is 30.3 Å². The topological polar surface area (TPSA) is 34.0 Å². The molecule has 25 heavy (non-hydrogen) atoms. The standard InChI is InChI=1S/C21H23ClN2O/c1-2-13-23-21(25)12-11-16-14-24(20-10-6-4-8-18(16)20)15-17-7-3-5-9-19(17)22/h3-10,14H,2,11-13,15H2,1H3,(H,23,25). The van der Waals surface area contributed by atoms with E-state index in [4.69, 9.17) is 11.6 Å². The molecule has 0 radical (unpaired) electrons. The number of nitrogens with one attached hydrogen (secondary N) is 1. The van der Waals surface area contributed by atoms with Crippen LogP contribution in [0.15, 0.2) is 54.7 Å². The summed E-state index contributed by atoms with van der Waals surface area (Å²) in [6.07, 6.45) is 4.37. The minimum Gasteiger partial charge on any atom is -0.356 e. The predicted molar refractivity (Wildman–Crippen MR) is 104 cm³/mol. The Balaban J connectivity index is 1.83. The normalized spacial score (nSPS) is 11.0. The van der Waals surface area contributed by atoms with Gasteiger partial charge in [0.15, 0.2) is 0 Å². The van der Waals surface area contributed by atoms with Crippen molar-refractivity contribution < 1.29 is 4.79 Å². The first-order valence-electron chi connectivity index (χ1n) is 8.76. The number of aromatic nitrogens is 1. The number of carbonyl (C=O) groups is 1. The number of aryl methyl sites for hydroxylation is 1. The van der Waals surface area contributed by atoms with Crippen LogP contribution in [0.3, 0.4) is 0 Å². The lowest BCUT2D eigenvalue weighted by molar-refractivity contribution is -0.121. The molecule has 1 N–H and O–H groups in total. The van der Waals surface area contributed by atoms with Crippen molar-refractivity contribution in [1.29, 1.82) is 0 Å². The van der Waals surface area contributed by atoms with Crippen LogP contribution in [0.2, 0.25) is 5.02 Å². The lowest BCUT2D eigenvalue weighted by Crippen LogP contribution is -2.24. The molecule has 0 aliphatic rings. The van der Waals surface area contributed by atoms with Crippen LogP contribution >= 0.6 is 11.6 Å². The van der Waals surface area contributed by atoms with Gasteiger partial charge >= 0.3 is 0 Å². The first-order chi connectivity index (χ1) is 12.2. The molecular weight excluding hydrogens is 332 g/mol. The predicted octanol–water partition coefficient (Wildman–Crippen LogP) is 4.80. The zero-order valence-corrected chi connectivity index (χ0v) is 15.2. The molecule has 3 nitrogen and oxygen atoms in total. The summed E-state index contributed by atoms with van der Waals surface area (Å²) in [7, 11) is 0. The maximum Gasteiger partial charge on any atom is 0.220 e. The summed E-state index contributed by atoms with van der Waals surface area (Å²) in [4.78, 5) is 11.9. The molecule has 1 amide bonds. The summed E-state index contributed by atoms with van der Waals surface area (Å²) in [5.74, 6) is 0.116. The van der Waals surface area contributed by atoms with E-state index in [-0.39, 0.29) is 5.91 Å². The summed E-state index contributed by atoms with van der Waals surface area (Å²) in [5.41, 5.74) is 3.47. The quantitative estimate of drug-likeness (QED) is 0.649. The van der Waals surface area contributed by atoms with Crippen molar-refractivity contribution in [3.63, 3.8) is 0 Å². The van der Waals surface area contributed by atoms with Crippen molar-refractivity contribution in [2.75, 3.05) is 6.54 Å². The third kappa shape index (κ3) is 4.23. The molecule has 0 atom stereocenters. The number of nitrogens with zero attached hydrogens (tertiary/aromatic N) is 1. The van der Waals surface area contributed by atoms with Gasteiger partial charge in [-0.3, -0.25) is 4.79 Å². The number of para-hydroxylation sites is 1. The second-order valence-corrected chi connectivity index (χ2v) is 6.65. The fraction of sp³-hybridized carbons (Fsp3) is 0.286. The highest BCUT2D eigenvalue weighted by Gasteiger charge is 2.11. The molecule has 3 aromatic rings. The number of amides is 1. The Labute approximate surface area is 153 Å². The second kappa shape index (κ2) is 8.21. The van der Waals surface area contributed by atoms with Gasteiger partial charge in [0.25, 0.3) is 0 Å². The fourth-order valence-electron chi connectivity index (χ4n) is 3.06. The van der Waals surface area contributed by atoms with Crippen LogP contribution in [0.1, 0.15) is 30.9 Å². The molecular formula is C21H23ClN2O. The molecule has 0 saturated heterocycles. The van der Waals surface area contributed by atoms with Gasteiger partial charge in [-0.25, -0.2) is 0 Å². The van der Waals surface area contributed by atoms with Crippen LogP contribution in [0.5, 0.6) is 0 Å². The Hall–Kier alpha value is -2.26. The molecule has 1 heterocycles. The van der Waals surface area contributed by atoms with E-state index in [1.54, 1.807) is 0 Å². The van der Waals surface area contributed by atoms with E-state index in [0.717, 1.165) is 36.5 Å². The Morgan fingerprint density at radius 1 is 1.08 bits per heavy atom. The average molecular weight is 355 g/mol. The van der Waals surface area contributed by atoms with Gasteiger partial charge in [0.2, 0.25) is 5.91 Å². The van der Waals surface area contributed by atoms with Crippen molar-refractivity contribution in [2.45, 2.75) is 32.7 Å². The van der Waals surface area contributed by atoms with Crippen molar-refractivity contribution in [1.82, 2.24) is 9.88 Å². The van der Waals surface area contributed by atoms with Crippen LogP contribution in [0.25, 0.3) is 10.9 Å². The summed E-state index contributed by atoms with van der Waals surface area (Å²) in [6.45, 7) is 3.53. The molecule has 0 saturated carbocycles.